The molecule has 2 N–H and O–H groups in total. The van der Waals surface area contributed by atoms with Gasteiger partial charge in [-0.2, -0.15) is 5.26 Å². The van der Waals surface area contributed by atoms with E-state index < -0.39 is 10.8 Å². The summed E-state index contributed by atoms with van der Waals surface area (Å²) in [5.74, 6) is -1.07. The van der Waals surface area contributed by atoms with Crippen LogP contribution in [0.4, 0.5) is 11.4 Å². The number of amides is 1. The van der Waals surface area contributed by atoms with Crippen molar-refractivity contribution in [1.82, 2.24) is 0 Å². The number of carbonyl (C=O) groups excluding carboxylic acids is 1. The molecule has 1 amide bonds. The van der Waals surface area contributed by atoms with E-state index in [1.165, 1.54) is 42.5 Å². The summed E-state index contributed by atoms with van der Waals surface area (Å²) >= 11 is 11.6. The van der Waals surface area contributed by atoms with E-state index in [0.717, 1.165) is 0 Å². The lowest BCUT2D eigenvalue weighted by Gasteiger charge is -2.05. The lowest BCUT2D eigenvalue weighted by Crippen LogP contribution is -2.13. The van der Waals surface area contributed by atoms with Crippen LogP contribution in [0.2, 0.25) is 10.0 Å². The van der Waals surface area contributed by atoms with E-state index in [2.05, 4.69) is 5.32 Å². The molecule has 0 heterocycles. The molecule has 0 radical (unpaired) electrons. The topological polar surface area (TPSA) is 116 Å². The molecule has 0 aliphatic heterocycles. The maximum Gasteiger partial charge on any atom is 0.271 e. The number of nitriles is 1. The number of halogens is 2. The van der Waals surface area contributed by atoms with Gasteiger partial charge in [0.05, 0.1) is 15.0 Å². The molecule has 9 heteroatoms. The molecule has 0 aliphatic carbocycles. The molecule has 0 saturated heterocycles. The third kappa shape index (κ3) is 4.47. The number of nitro groups is 1. The third-order valence-corrected chi connectivity index (χ3v) is 3.61. The van der Waals surface area contributed by atoms with Crippen molar-refractivity contribution in [2.45, 2.75) is 0 Å². The molecule has 7 nitrogen and oxygen atoms in total. The van der Waals surface area contributed by atoms with Crippen LogP contribution in [0.15, 0.2) is 42.0 Å². The fraction of sp³-hybridized carbons (Fsp3) is 0. The Morgan fingerprint density at radius 3 is 2.48 bits per heavy atom. The Kier molecular flexibility index (Phi) is 5.60. The van der Waals surface area contributed by atoms with E-state index in [1.807, 2.05) is 0 Å². The van der Waals surface area contributed by atoms with Gasteiger partial charge in [-0.05, 0) is 29.8 Å². The van der Waals surface area contributed by atoms with Gasteiger partial charge < -0.3 is 10.4 Å². The van der Waals surface area contributed by atoms with Gasteiger partial charge in [-0.3, -0.25) is 14.9 Å². The Morgan fingerprint density at radius 2 is 1.92 bits per heavy atom. The summed E-state index contributed by atoms with van der Waals surface area (Å²) in [6, 6.07) is 9.70. The molecule has 0 aromatic heterocycles. The van der Waals surface area contributed by atoms with Crippen molar-refractivity contribution < 1.29 is 14.8 Å². The number of phenolic OH excluding ortho intramolecular Hbond substituents is 1. The van der Waals surface area contributed by atoms with Gasteiger partial charge >= 0.3 is 0 Å². The summed E-state index contributed by atoms with van der Waals surface area (Å²) in [4.78, 5) is 22.3. The average molecular weight is 378 g/mol. The van der Waals surface area contributed by atoms with E-state index in [1.54, 1.807) is 6.07 Å². The number of nitro benzene ring substituents is 1. The second kappa shape index (κ2) is 7.66. The Labute approximate surface area is 151 Å². The minimum absolute atomic E-state index is 0.0323. The Hall–Kier alpha value is -3.08. The molecule has 0 atom stereocenters. The maximum atomic E-state index is 12.2. The van der Waals surface area contributed by atoms with Crippen LogP contribution in [0.3, 0.4) is 0 Å². The van der Waals surface area contributed by atoms with Gasteiger partial charge in [0, 0.05) is 17.8 Å². The third-order valence-electron chi connectivity index (χ3n) is 3.03. The first-order chi connectivity index (χ1) is 11.8. The SMILES string of the molecule is N#C/C(=C\c1cc(Cl)c(O)c(Cl)c1)C(=O)Nc1cccc([N+](=O)[O-])c1. The van der Waals surface area contributed by atoms with Gasteiger partial charge in [-0.1, -0.05) is 29.3 Å². The molecule has 0 fully saturated rings. The number of phenols is 1. The second-order valence-electron chi connectivity index (χ2n) is 4.76. The number of hydrogen-bond acceptors (Lipinski definition) is 5. The summed E-state index contributed by atoms with van der Waals surface area (Å²) in [6.07, 6.45) is 1.23. The molecule has 126 valence electrons. The van der Waals surface area contributed by atoms with Crippen molar-refractivity contribution in [3.63, 3.8) is 0 Å². The van der Waals surface area contributed by atoms with Crippen LogP contribution >= 0.6 is 23.2 Å². The average Bonchev–Trinajstić information content (AvgIpc) is 2.57. The van der Waals surface area contributed by atoms with E-state index in [4.69, 9.17) is 28.5 Å². The fourth-order valence-electron chi connectivity index (χ4n) is 1.88. The Bertz CT molecular complexity index is 912. The fourth-order valence-corrected chi connectivity index (χ4v) is 2.38. The number of benzene rings is 2. The van der Waals surface area contributed by atoms with Gasteiger partial charge in [0.2, 0.25) is 0 Å². The molecule has 0 bridgehead atoms. The van der Waals surface area contributed by atoms with Crippen molar-refractivity contribution in [2.24, 2.45) is 0 Å². The zero-order valence-electron chi connectivity index (χ0n) is 12.4. The molecule has 0 aliphatic rings. The molecule has 2 aromatic carbocycles. The number of anilines is 1. The van der Waals surface area contributed by atoms with Gasteiger partial charge in [-0.15, -0.1) is 0 Å². The van der Waals surface area contributed by atoms with Crippen LogP contribution < -0.4 is 5.32 Å². The quantitative estimate of drug-likeness (QED) is 0.359. The standard InChI is InChI=1S/C16H9Cl2N3O4/c17-13-5-9(6-14(18)15(13)22)4-10(8-19)16(23)20-11-2-1-3-12(7-11)21(24)25/h1-7,22H,(H,20,23)/b10-4+. The molecule has 0 spiro atoms. The van der Waals surface area contributed by atoms with Crippen LogP contribution in [-0.4, -0.2) is 15.9 Å². The zero-order valence-corrected chi connectivity index (χ0v) is 13.9. The van der Waals surface area contributed by atoms with E-state index in [9.17, 15) is 20.0 Å². The lowest BCUT2D eigenvalue weighted by molar-refractivity contribution is -0.384. The van der Waals surface area contributed by atoms with Gasteiger partial charge in [0.15, 0.2) is 5.75 Å². The molecular formula is C16H9Cl2N3O4. The smallest absolute Gasteiger partial charge is 0.271 e. The van der Waals surface area contributed by atoms with Crippen LogP contribution in [0.25, 0.3) is 6.08 Å². The van der Waals surface area contributed by atoms with Crippen molar-refractivity contribution >= 4 is 46.6 Å². The van der Waals surface area contributed by atoms with E-state index in [0.29, 0.717) is 5.56 Å². The number of nitrogens with one attached hydrogen (secondary N) is 1. The van der Waals surface area contributed by atoms with Crippen LogP contribution in [-0.2, 0) is 4.79 Å². The zero-order chi connectivity index (χ0) is 18.6. The largest absolute Gasteiger partial charge is 0.505 e. The number of nitrogens with zero attached hydrogens (tertiary/aromatic N) is 2. The first-order valence-electron chi connectivity index (χ1n) is 6.67. The molecular weight excluding hydrogens is 369 g/mol. The highest BCUT2D eigenvalue weighted by Gasteiger charge is 2.13. The molecule has 2 aromatic rings. The van der Waals surface area contributed by atoms with Crippen molar-refractivity contribution in [3.05, 3.63) is 67.7 Å². The van der Waals surface area contributed by atoms with Crippen molar-refractivity contribution in [2.75, 3.05) is 5.32 Å². The monoisotopic (exact) mass is 377 g/mol. The highest BCUT2D eigenvalue weighted by molar-refractivity contribution is 6.37. The highest BCUT2D eigenvalue weighted by Crippen LogP contribution is 2.33. The van der Waals surface area contributed by atoms with Crippen LogP contribution in [0.5, 0.6) is 5.75 Å². The minimum atomic E-state index is -0.761. The number of non-ortho nitro benzene ring substituents is 1. The summed E-state index contributed by atoms with van der Waals surface area (Å²) in [6.45, 7) is 0. The highest BCUT2D eigenvalue weighted by atomic mass is 35.5. The second-order valence-corrected chi connectivity index (χ2v) is 5.58. The summed E-state index contributed by atoms with van der Waals surface area (Å²) in [5, 5.41) is 31.8. The molecule has 2 rings (SSSR count). The number of carbonyl (C=O) groups is 1. The minimum Gasteiger partial charge on any atom is -0.505 e. The maximum absolute atomic E-state index is 12.2. The summed E-state index contributed by atoms with van der Waals surface area (Å²) < 4.78 is 0. The van der Waals surface area contributed by atoms with Gasteiger partial charge in [-0.25, -0.2) is 0 Å². The summed E-state index contributed by atoms with van der Waals surface area (Å²) in [7, 11) is 0. The molecule has 25 heavy (non-hydrogen) atoms. The predicted octanol–water partition coefficient (Wildman–Crippen LogP) is 4.15. The van der Waals surface area contributed by atoms with Gasteiger partial charge in [0.25, 0.3) is 11.6 Å². The van der Waals surface area contributed by atoms with E-state index in [-0.39, 0.29) is 32.7 Å². The molecule has 0 unspecified atom stereocenters. The number of hydrogen-bond donors (Lipinski definition) is 2. The van der Waals surface area contributed by atoms with Crippen LogP contribution in [0.1, 0.15) is 5.56 Å². The van der Waals surface area contributed by atoms with Crippen molar-refractivity contribution in [1.29, 1.82) is 5.26 Å². The predicted molar refractivity (Wildman–Crippen MR) is 93.4 cm³/mol. The lowest BCUT2D eigenvalue weighted by atomic mass is 10.1. The first kappa shape index (κ1) is 18.3. The Balaban J connectivity index is 2.29. The van der Waals surface area contributed by atoms with Gasteiger partial charge in [0.1, 0.15) is 11.6 Å². The first-order valence-corrected chi connectivity index (χ1v) is 7.43. The van der Waals surface area contributed by atoms with Crippen molar-refractivity contribution in [3.8, 4) is 11.8 Å². The molecule has 0 saturated carbocycles. The van der Waals surface area contributed by atoms with Crippen LogP contribution in [0, 0.1) is 21.4 Å². The summed E-state index contributed by atoms with van der Waals surface area (Å²) in [5.41, 5.74) is 0.0300. The number of rotatable bonds is 4. The van der Waals surface area contributed by atoms with E-state index >= 15 is 0 Å². The Morgan fingerprint density at radius 1 is 1.28 bits per heavy atom. The number of aromatic hydroxyl groups is 1. The normalized spacial score (nSPS) is 10.8.